The summed E-state index contributed by atoms with van der Waals surface area (Å²) in [5, 5.41) is 12.3. The molecule has 7 heteroatoms. The van der Waals surface area contributed by atoms with Crippen LogP contribution in [0.15, 0.2) is 48.8 Å². The van der Waals surface area contributed by atoms with Crippen molar-refractivity contribution in [1.29, 1.82) is 0 Å². The number of nitrogens with one attached hydrogen (secondary N) is 1. The summed E-state index contributed by atoms with van der Waals surface area (Å²) in [5.41, 5.74) is -0.932. The zero-order valence-corrected chi connectivity index (χ0v) is 11.3. The first kappa shape index (κ1) is 16.0. The van der Waals surface area contributed by atoms with Crippen LogP contribution >= 0.6 is 0 Å². The van der Waals surface area contributed by atoms with E-state index in [0.29, 0.717) is 0 Å². The van der Waals surface area contributed by atoms with E-state index in [-0.39, 0.29) is 17.7 Å². The molecule has 1 heterocycles. The normalized spacial score (nSPS) is 12.7. The minimum atomic E-state index is -4.56. The molecular formula is C15H13F3N2O2. The molecule has 0 aliphatic carbocycles. The molecule has 1 amide bonds. The molecule has 2 rings (SSSR count). The van der Waals surface area contributed by atoms with Gasteiger partial charge in [0.2, 0.25) is 0 Å². The molecule has 2 aromatic rings. The van der Waals surface area contributed by atoms with Crippen LogP contribution in [-0.2, 0) is 6.18 Å². The van der Waals surface area contributed by atoms with Gasteiger partial charge in [-0.05, 0) is 23.8 Å². The summed E-state index contributed by atoms with van der Waals surface area (Å²) in [6.07, 6.45) is -3.21. The van der Waals surface area contributed by atoms with E-state index in [2.05, 4.69) is 10.3 Å². The van der Waals surface area contributed by atoms with Crippen molar-refractivity contribution in [2.75, 3.05) is 6.54 Å². The highest BCUT2D eigenvalue weighted by atomic mass is 19.4. The Morgan fingerprint density at radius 2 is 1.95 bits per heavy atom. The largest absolute Gasteiger partial charge is 0.416 e. The SMILES string of the molecule is O=C(NC[C@@H](O)c1ccccc1C(F)(F)F)c1cccnc1. The van der Waals surface area contributed by atoms with E-state index in [1.165, 1.54) is 36.7 Å². The van der Waals surface area contributed by atoms with Gasteiger partial charge >= 0.3 is 6.18 Å². The smallest absolute Gasteiger partial charge is 0.387 e. The van der Waals surface area contributed by atoms with Crippen LogP contribution in [0.5, 0.6) is 0 Å². The van der Waals surface area contributed by atoms with Crippen molar-refractivity contribution < 1.29 is 23.1 Å². The number of aliphatic hydroxyl groups excluding tert-OH is 1. The lowest BCUT2D eigenvalue weighted by Crippen LogP contribution is -2.29. The Hall–Kier alpha value is -2.41. The number of alkyl halides is 3. The number of nitrogens with zero attached hydrogens (tertiary/aromatic N) is 1. The zero-order valence-electron chi connectivity index (χ0n) is 11.3. The maximum atomic E-state index is 12.9. The Morgan fingerprint density at radius 3 is 2.59 bits per heavy atom. The van der Waals surface area contributed by atoms with Crippen LogP contribution in [0, 0.1) is 0 Å². The lowest BCUT2D eigenvalue weighted by atomic mass is 10.0. The number of hydrogen-bond acceptors (Lipinski definition) is 3. The molecule has 2 N–H and O–H groups in total. The minimum Gasteiger partial charge on any atom is -0.387 e. The molecule has 0 bridgehead atoms. The average molecular weight is 310 g/mol. The molecule has 0 spiro atoms. The highest BCUT2D eigenvalue weighted by Gasteiger charge is 2.34. The Kier molecular flexibility index (Phi) is 4.77. The van der Waals surface area contributed by atoms with Gasteiger partial charge in [0.05, 0.1) is 17.2 Å². The molecule has 0 unspecified atom stereocenters. The first-order valence-electron chi connectivity index (χ1n) is 6.42. The van der Waals surface area contributed by atoms with Crippen LogP contribution < -0.4 is 5.32 Å². The Morgan fingerprint density at radius 1 is 1.23 bits per heavy atom. The number of rotatable bonds is 4. The summed E-state index contributed by atoms with van der Waals surface area (Å²) in [6.45, 7) is -0.333. The summed E-state index contributed by atoms with van der Waals surface area (Å²) in [7, 11) is 0. The standard InChI is InChI=1S/C15H13F3N2O2/c16-15(17,18)12-6-2-1-5-11(12)13(21)9-20-14(22)10-4-3-7-19-8-10/h1-8,13,21H,9H2,(H,20,22)/t13-/m1/s1. The van der Waals surface area contributed by atoms with Crippen molar-refractivity contribution >= 4 is 5.91 Å². The first-order valence-corrected chi connectivity index (χ1v) is 6.42. The van der Waals surface area contributed by atoms with Gasteiger partial charge in [-0.15, -0.1) is 0 Å². The lowest BCUT2D eigenvalue weighted by molar-refractivity contribution is -0.139. The number of carbonyl (C=O) groups excluding carboxylic acids is 1. The van der Waals surface area contributed by atoms with Crippen molar-refractivity contribution in [1.82, 2.24) is 10.3 Å². The fraction of sp³-hybridized carbons (Fsp3) is 0.200. The second-order valence-electron chi connectivity index (χ2n) is 4.55. The van der Waals surface area contributed by atoms with Crippen LogP contribution in [0.4, 0.5) is 13.2 Å². The summed E-state index contributed by atoms with van der Waals surface area (Å²) < 4.78 is 38.6. The van der Waals surface area contributed by atoms with Gasteiger partial charge in [0, 0.05) is 18.9 Å². The molecule has 0 radical (unpaired) electrons. The van der Waals surface area contributed by atoms with E-state index < -0.39 is 23.8 Å². The molecule has 0 fully saturated rings. The first-order chi connectivity index (χ1) is 10.4. The number of benzene rings is 1. The van der Waals surface area contributed by atoms with Gasteiger partial charge < -0.3 is 10.4 Å². The van der Waals surface area contributed by atoms with Gasteiger partial charge in [0.1, 0.15) is 0 Å². The van der Waals surface area contributed by atoms with Crippen LogP contribution in [0.3, 0.4) is 0 Å². The molecule has 1 atom stereocenters. The monoisotopic (exact) mass is 310 g/mol. The van der Waals surface area contributed by atoms with Crippen molar-refractivity contribution in [3.05, 3.63) is 65.5 Å². The van der Waals surface area contributed by atoms with E-state index in [1.54, 1.807) is 6.07 Å². The number of hydrogen-bond donors (Lipinski definition) is 2. The number of pyridine rings is 1. The van der Waals surface area contributed by atoms with Crippen LogP contribution in [0.2, 0.25) is 0 Å². The third-order valence-electron chi connectivity index (χ3n) is 3.00. The molecule has 4 nitrogen and oxygen atoms in total. The molecule has 0 saturated carbocycles. The van der Waals surface area contributed by atoms with Gasteiger partial charge in [0.25, 0.3) is 5.91 Å². The van der Waals surface area contributed by atoms with Gasteiger partial charge in [-0.25, -0.2) is 0 Å². The highest BCUT2D eigenvalue weighted by Crippen LogP contribution is 2.34. The number of halogens is 3. The summed E-state index contributed by atoms with van der Waals surface area (Å²) in [4.78, 5) is 15.5. The summed E-state index contributed by atoms with van der Waals surface area (Å²) in [6, 6.07) is 7.79. The molecule has 0 aliphatic heterocycles. The Labute approximate surface area is 124 Å². The number of amides is 1. The molecule has 1 aromatic carbocycles. The minimum absolute atomic E-state index is 0.263. The highest BCUT2D eigenvalue weighted by molar-refractivity contribution is 5.93. The van der Waals surface area contributed by atoms with Crippen molar-refractivity contribution in [2.24, 2.45) is 0 Å². The van der Waals surface area contributed by atoms with Crippen LogP contribution in [-0.4, -0.2) is 22.5 Å². The molecule has 116 valence electrons. The molecule has 1 aromatic heterocycles. The third-order valence-corrected chi connectivity index (χ3v) is 3.00. The van der Waals surface area contributed by atoms with Crippen LogP contribution in [0.25, 0.3) is 0 Å². The molecule has 0 saturated heterocycles. The third kappa shape index (κ3) is 3.82. The number of aromatic nitrogens is 1. The van der Waals surface area contributed by atoms with Gasteiger partial charge in [-0.2, -0.15) is 13.2 Å². The van der Waals surface area contributed by atoms with Crippen LogP contribution in [0.1, 0.15) is 27.6 Å². The number of aliphatic hydroxyl groups is 1. The Balaban J connectivity index is 2.07. The molecular weight excluding hydrogens is 297 g/mol. The quantitative estimate of drug-likeness (QED) is 0.912. The van der Waals surface area contributed by atoms with E-state index in [0.717, 1.165) is 6.07 Å². The number of carbonyl (C=O) groups is 1. The maximum Gasteiger partial charge on any atom is 0.416 e. The molecule has 22 heavy (non-hydrogen) atoms. The predicted molar refractivity (Wildman–Crippen MR) is 73.0 cm³/mol. The van der Waals surface area contributed by atoms with E-state index >= 15 is 0 Å². The van der Waals surface area contributed by atoms with E-state index in [4.69, 9.17) is 0 Å². The summed E-state index contributed by atoms with van der Waals surface area (Å²) >= 11 is 0. The average Bonchev–Trinajstić information content (AvgIpc) is 2.52. The zero-order chi connectivity index (χ0) is 16.2. The topological polar surface area (TPSA) is 62.2 Å². The van der Waals surface area contributed by atoms with Crippen molar-refractivity contribution in [2.45, 2.75) is 12.3 Å². The molecule has 0 aliphatic rings. The van der Waals surface area contributed by atoms with Gasteiger partial charge in [-0.3, -0.25) is 9.78 Å². The van der Waals surface area contributed by atoms with Gasteiger partial charge in [-0.1, -0.05) is 18.2 Å². The fourth-order valence-electron chi connectivity index (χ4n) is 1.94. The van der Waals surface area contributed by atoms with E-state index in [9.17, 15) is 23.1 Å². The Bertz CT molecular complexity index is 645. The summed E-state index contributed by atoms with van der Waals surface area (Å²) in [5.74, 6) is -0.517. The van der Waals surface area contributed by atoms with Gasteiger partial charge in [0.15, 0.2) is 0 Å². The fourth-order valence-corrected chi connectivity index (χ4v) is 1.94. The second kappa shape index (κ2) is 6.57. The van der Waals surface area contributed by atoms with Crippen molar-refractivity contribution in [3.8, 4) is 0 Å². The predicted octanol–water partition coefficient (Wildman–Crippen LogP) is 2.56. The van der Waals surface area contributed by atoms with Crippen molar-refractivity contribution in [3.63, 3.8) is 0 Å². The second-order valence-corrected chi connectivity index (χ2v) is 4.55. The van der Waals surface area contributed by atoms with E-state index in [1.807, 2.05) is 0 Å². The maximum absolute atomic E-state index is 12.9. The lowest BCUT2D eigenvalue weighted by Gasteiger charge is -2.17.